The van der Waals surface area contributed by atoms with Crippen molar-refractivity contribution in [2.24, 2.45) is 4.99 Å². The van der Waals surface area contributed by atoms with E-state index in [1.807, 2.05) is 43.3 Å². The third-order valence-electron chi connectivity index (χ3n) is 3.55. The average Bonchev–Trinajstić information content (AvgIpc) is 2.95. The van der Waals surface area contributed by atoms with Gasteiger partial charge in [0, 0.05) is 5.56 Å². The Bertz CT molecular complexity index is 947. The lowest BCUT2D eigenvalue weighted by Gasteiger charge is -2.06. The van der Waals surface area contributed by atoms with Gasteiger partial charge in [-0.3, -0.25) is 4.79 Å². The first-order valence-electron chi connectivity index (χ1n) is 7.86. The van der Waals surface area contributed by atoms with E-state index in [0.717, 1.165) is 11.1 Å². The summed E-state index contributed by atoms with van der Waals surface area (Å²) in [6, 6.07) is 16.0. The van der Waals surface area contributed by atoms with Gasteiger partial charge in [0.1, 0.15) is 0 Å². The molecule has 0 bridgehead atoms. The van der Waals surface area contributed by atoms with E-state index in [1.54, 1.807) is 24.3 Å². The second kappa shape index (κ2) is 7.84. The molecule has 0 atom stereocenters. The largest absolute Gasteiger partial charge is 0.545 e. The van der Waals surface area contributed by atoms with Gasteiger partial charge >= 0.3 is 0 Å². The Hall–Kier alpha value is -3.12. The van der Waals surface area contributed by atoms with Crippen molar-refractivity contribution in [1.29, 1.82) is 0 Å². The van der Waals surface area contributed by atoms with E-state index < -0.39 is 5.97 Å². The number of carbonyl (C=O) groups is 2. The second-order valence-electron chi connectivity index (χ2n) is 5.59. The molecule has 1 aliphatic rings. The van der Waals surface area contributed by atoms with Gasteiger partial charge < -0.3 is 15.2 Å². The van der Waals surface area contributed by atoms with Gasteiger partial charge in [0.25, 0.3) is 5.91 Å². The fraction of sp³-hybridized carbons (Fsp3) is 0.0500. The van der Waals surface area contributed by atoms with Gasteiger partial charge in [0.05, 0.1) is 16.6 Å². The van der Waals surface area contributed by atoms with Crippen molar-refractivity contribution in [3.8, 4) is 0 Å². The number of aromatic carboxylic acids is 1. The van der Waals surface area contributed by atoms with E-state index in [-0.39, 0.29) is 17.2 Å². The Kier molecular flexibility index (Phi) is 5.34. The summed E-state index contributed by atoms with van der Waals surface area (Å²) in [5.41, 5.74) is 2.19. The van der Waals surface area contributed by atoms with Crippen LogP contribution in [0.25, 0.3) is 6.08 Å². The van der Waals surface area contributed by atoms with E-state index in [2.05, 4.69) is 10.3 Å². The highest BCUT2D eigenvalue weighted by Gasteiger charge is 2.24. The SMILES string of the molecule is CC(/C=C1\SC(=Nc2ccccc2C(=O)[O-])NC1=O)=C\c1ccccc1. The van der Waals surface area contributed by atoms with Crippen LogP contribution < -0.4 is 10.4 Å². The molecule has 1 heterocycles. The standard InChI is InChI=1S/C20H16N2O3S/c1-13(11-14-7-3-2-4-8-14)12-17-18(23)22-20(26-17)21-16-10-6-5-9-15(16)19(24)25/h2-12H,1H3,(H,24,25)(H,21,22,23)/p-1/b13-11+,17-12-. The molecule has 1 fully saturated rings. The number of benzene rings is 2. The number of hydrogen-bond acceptors (Lipinski definition) is 5. The van der Waals surface area contributed by atoms with Crippen molar-refractivity contribution >= 4 is 40.6 Å². The predicted octanol–water partition coefficient (Wildman–Crippen LogP) is 2.89. The number of hydrogen-bond donors (Lipinski definition) is 1. The minimum absolute atomic E-state index is 0.0209. The number of carboxylic acids is 1. The summed E-state index contributed by atoms with van der Waals surface area (Å²) in [6.45, 7) is 1.91. The smallest absolute Gasteiger partial charge is 0.264 e. The Balaban J connectivity index is 1.83. The maximum Gasteiger partial charge on any atom is 0.264 e. The van der Waals surface area contributed by atoms with Gasteiger partial charge in [-0.05, 0) is 42.0 Å². The van der Waals surface area contributed by atoms with Crippen LogP contribution in [0.2, 0.25) is 0 Å². The van der Waals surface area contributed by atoms with Crippen molar-refractivity contribution in [2.45, 2.75) is 6.92 Å². The van der Waals surface area contributed by atoms with E-state index in [1.165, 1.54) is 17.8 Å². The van der Waals surface area contributed by atoms with Crippen LogP contribution in [-0.4, -0.2) is 17.0 Å². The maximum atomic E-state index is 12.1. The van der Waals surface area contributed by atoms with Crippen molar-refractivity contribution in [2.75, 3.05) is 0 Å². The summed E-state index contributed by atoms with van der Waals surface area (Å²) in [5, 5.41) is 14.1. The number of nitrogens with one attached hydrogen (secondary N) is 1. The molecular weight excluding hydrogens is 348 g/mol. The molecule has 0 aliphatic carbocycles. The van der Waals surface area contributed by atoms with E-state index in [9.17, 15) is 14.7 Å². The molecule has 0 radical (unpaired) electrons. The highest BCUT2D eigenvalue weighted by atomic mass is 32.2. The number of allylic oxidation sites excluding steroid dienone is 2. The number of aliphatic imine (C=N–C) groups is 1. The average molecular weight is 363 g/mol. The van der Waals surface area contributed by atoms with Crippen molar-refractivity contribution in [1.82, 2.24) is 5.32 Å². The van der Waals surface area contributed by atoms with Crippen molar-refractivity contribution < 1.29 is 14.7 Å². The van der Waals surface area contributed by atoms with Gasteiger partial charge in [-0.25, -0.2) is 4.99 Å². The van der Waals surface area contributed by atoms with Gasteiger partial charge in [-0.2, -0.15) is 0 Å². The summed E-state index contributed by atoms with van der Waals surface area (Å²) >= 11 is 1.17. The third-order valence-corrected chi connectivity index (χ3v) is 4.46. The molecule has 1 amide bonds. The molecule has 1 aliphatic heterocycles. The lowest BCUT2D eigenvalue weighted by Crippen LogP contribution is -2.23. The number of carboxylic acid groups (broad SMARTS) is 1. The highest BCUT2D eigenvalue weighted by Crippen LogP contribution is 2.28. The Morgan fingerprint density at radius 2 is 1.81 bits per heavy atom. The van der Waals surface area contributed by atoms with E-state index >= 15 is 0 Å². The Morgan fingerprint density at radius 1 is 1.12 bits per heavy atom. The van der Waals surface area contributed by atoms with Crippen molar-refractivity contribution in [3.63, 3.8) is 0 Å². The zero-order valence-electron chi connectivity index (χ0n) is 13.9. The number of para-hydroxylation sites is 1. The first-order chi connectivity index (χ1) is 12.5. The van der Waals surface area contributed by atoms with E-state index in [0.29, 0.717) is 10.1 Å². The first-order valence-corrected chi connectivity index (χ1v) is 8.68. The quantitative estimate of drug-likeness (QED) is 0.847. The summed E-state index contributed by atoms with van der Waals surface area (Å²) in [7, 11) is 0. The lowest BCUT2D eigenvalue weighted by molar-refractivity contribution is -0.254. The molecule has 2 aromatic rings. The molecule has 5 nitrogen and oxygen atoms in total. The fourth-order valence-electron chi connectivity index (χ4n) is 2.39. The number of carbonyl (C=O) groups excluding carboxylic acids is 2. The molecule has 1 saturated heterocycles. The molecule has 26 heavy (non-hydrogen) atoms. The van der Waals surface area contributed by atoms with Crippen LogP contribution in [0.1, 0.15) is 22.8 Å². The molecule has 130 valence electrons. The number of nitrogens with zero attached hydrogens (tertiary/aromatic N) is 1. The molecule has 0 spiro atoms. The monoisotopic (exact) mass is 363 g/mol. The molecule has 0 unspecified atom stereocenters. The van der Waals surface area contributed by atoms with Crippen LogP contribution in [0.3, 0.4) is 0 Å². The number of amidine groups is 1. The lowest BCUT2D eigenvalue weighted by atomic mass is 10.1. The zero-order valence-corrected chi connectivity index (χ0v) is 14.7. The predicted molar refractivity (Wildman–Crippen MR) is 102 cm³/mol. The molecular formula is C20H15N2O3S-. The Labute approximate surface area is 155 Å². The summed E-state index contributed by atoms with van der Waals surface area (Å²) in [5.74, 6) is -1.57. The van der Waals surface area contributed by atoms with Gasteiger partial charge in [-0.15, -0.1) is 0 Å². The van der Waals surface area contributed by atoms with Gasteiger partial charge in [0.2, 0.25) is 0 Å². The van der Waals surface area contributed by atoms with Gasteiger partial charge in [0.15, 0.2) is 5.17 Å². The van der Waals surface area contributed by atoms with Crippen LogP contribution in [0, 0.1) is 0 Å². The van der Waals surface area contributed by atoms with E-state index in [4.69, 9.17) is 0 Å². The molecule has 0 aromatic heterocycles. The van der Waals surface area contributed by atoms with Crippen LogP contribution in [-0.2, 0) is 4.79 Å². The molecule has 3 rings (SSSR count). The fourth-order valence-corrected chi connectivity index (χ4v) is 3.28. The topological polar surface area (TPSA) is 81.6 Å². The Morgan fingerprint density at radius 3 is 2.54 bits per heavy atom. The van der Waals surface area contributed by atoms with Crippen LogP contribution >= 0.6 is 11.8 Å². The minimum Gasteiger partial charge on any atom is -0.545 e. The summed E-state index contributed by atoms with van der Waals surface area (Å²) in [6.07, 6.45) is 3.75. The van der Waals surface area contributed by atoms with Gasteiger partial charge in [-0.1, -0.05) is 54.6 Å². The highest BCUT2D eigenvalue weighted by molar-refractivity contribution is 8.18. The minimum atomic E-state index is -1.31. The third kappa shape index (κ3) is 4.29. The number of thioether (sulfide) groups is 1. The molecule has 2 aromatic carbocycles. The number of amides is 1. The zero-order chi connectivity index (χ0) is 18.5. The van der Waals surface area contributed by atoms with Crippen molar-refractivity contribution in [3.05, 3.63) is 82.3 Å². The number of rotatable bonds is 4. The first kappa shape index (κ1) is 17.7. The summed E-state index contributed by atoms with van der Waals surface area (Å²) in [4.78, 5) is 28.0. The van der Waals surface area contributed by atoms with Crippen LogP contribution in [0.15, 0.2) is 76.1 Å². The molecule has 1 N–H and O–H groups in total. The molecule has 6 heteroatoms. The van der Waals surface area contributed by atoms with Crippen LogP contribution in [0.5, 0.6) is 0 Å². The normalized spacial score (nSPS) is 17.6. The molecule has 0 saturated carbocycles. The second-order valence-corrected chi connectivity index (χ2v) is 6.62. The van der Waals surface area contributed by atoms with Crippen LogP contribution in [0.4, 0.5) is 5.69 Å². The summed E-state index contributed by atoms with van der Waals surface area (Å²) < 4.78 is 0. The maximum absolute atomic E-state index is 12.1.